The monoisotopic (exact) mass is 269 g/mol. The number of piperidine rings is 1. The smallest absolute Gasteiger partial charge is 0.309 e. The first-order valence-electron chi connectivity index (χ1n) is 6.91. The van der Waals surface area contributed by atoms with Crippen molar-refractivity contribution >= 4 is 11.9 Å². The summed E-state index contributed by atoms with van der Waals surface area (Å²) >= 11 is 0. The third kappa shape index (κ3) is 2.28. The fourth-order valence-corrected chi connectivity index (χ4v) is 3.14. The summed E-state index contributed by atoms with van der Waals surface area (Å²) in [4.78, 5) is 30.6. The zero-order valence-electron chi connectivity index (χ0n) is 10.7. The Balaban J connectivity index is 1.56. The van der Waals surface area contributed by atoms with Crippen LogP contribution in [0.15, 0.2) is 0 Å². The Morgan fingerprint density at radius 3 is 2.74 bits per heavy atom. The lowest BCUT2D eigenvalue weighted by molar-refractivity contribution is -0.143. The van der Waals surface area contributed by atoms with E-state index in [1.807, 2.05) is 0 Å². The van der Waals surface area contributed by atoms with Gasteiger partial charge in [0, 0.05) is 6.54 Å². The van der Waals surface area contributed by atoms with Crippen LogP contribution in [-0.2, 0) is 9.63 Å². The molecule has 1 saturated carbocycles. The molecule has 7 nitrogen and oxygen atoms in total. The third-order valence-electron chi connectivity index (χ3n) is 4.28. The highest BCUT2D eigenvalue weighted by Gasteiger charge is 2.46. The number of hydrogen-bond acceptors (Lipinski definition) is 4. The summed E-state index contributed by atoms with van der Waals surface area (Å²) < 4.78 is 0. The average molecular weight is 269 g/mol. The number of rotatable bonds is 3. The number of urea groups is 1. The van der Waals surface area contributed by atoms with Crippen molar-refractivity contribution in [2.24, 2.45) is 0 Å². The summed E-state index contributed by atoms with van der Waals surface area (Å²) in [5, 5.41) is 10.3. The molecule has 0 aromatic heterocycles. The second kappa shape index (κ2) is 4.97. The Kier molecular flexibility index (Phi) is 3.32. The Morgan fingerprint density at radius 2 is 2.00 bits per heavy atom. The molecule has 0 aromatic rings. The maximum atomic E-state index is 12.1. The van der Waals surface area contributed by atoms with Crippen molar-refractivity contribution in [1.29, 1.82) is 0 Å². The van der Waals surface area contributed by atoms with E-state index < -0.39 is 12.1 Å². The molecule has 0 radical (unpaired) electrons. The SMILES string of the molecule is O=C(NOC1CCCC1)[C@@H]1CC[C@@H]2CN1C(=O)N2O. The zero-order valence-corrected chi connectivity index (χ0v) is 10.7. The van der Waals surface area contributed by atoms with E-state index in [0.29, 0.717) is 19.4 Å². The number of carbonyl (C=O) groups is 2. The fourth-order valence-electron chi connectivity index (χ4n) is 3.14. The summed E-state index contributed by atoms with van der Waals surface area (Å²) in [7, 11) is 0. The summed E-state index contributed by atoms with van der Waals surface area (Å²) in [6.45, 7) is 0.414. The van der Waals surface area contributed by atoms with Crippen molar-refractivity contribution in [3.05, 3.63) is 0 Å². The van der Waals surface area contributed by atoms with Crippen LogP contribution < -0.4 is 5.48 Å². The minimum Gasteiger partial charge on any atom is -0.309 e. The molecule has 19 heavy (non-hydrogen) atoms. The van der Waals surface area contributed by atoms with Gasteiger partial charge in [-0.3, -0.25) is 14.8 Å². The minimum absolute atomic E-state index is 0.101. The maximum Gasteiger partial charge on any atom is 0.344 e. The van der Waals surface area contributed by atoms with Crippen LogP contribution in [0.5, 0.6) is 0 Å². The van der Waals surface area contributed by atoms with Gasteiger partial charge in [0.15, 0.2) is 0 Å². The molecule has 2 N–H and O–H groups in total. The Hall–Kier alpha value is -1.34. The van der Waals surface area contributed by atoms with Crippen LogP contribution >= 0.6 is 0 Å². The highest BCUT2D eigenvalue weighted by molar-refractivity contribution is 5.87. The molecule has 2 saturated heterocycles. The van der Waals surface area contributed by atoms with Crippen molar-refractivity contribution in [3.8, 4) is 0 Å². The number of carbonyl (C=O) groups excluding carboxylic acids is 2. The molecule has 3 fully saturated rings. The van der Waals surface area contributed by atoms with E-state index in [-0.39, 0.29) is 18.1 Å². The van der Waals surface area contributed by atoms with Crippen molar-refractivity contribution in [2.75, 3.05) is 6.54 Å². The first kappa shape index (κ1) is 12.7. The molecule has 2 atom stereocenters. The lowest BCUT2D eigenvalue weighted by Gasteiger charge is -2.29. The molecule has 3 amide bonds. The molecule has 0 aromatic carbocycles. The van der Waals surface area contributed by atoms with Crippen LogP contribution in [0.2, 0.25) is 0 Å². The van der Waals surface area contributed by atoms with Gasteiger partial charge in [-0.05, 0) is 25.7 Å². The van der Waals surface area contributed by atoms with Crippen molar-refractivity contribution in [2.45, 2.75) is 56.7 Å². The van der Waals surface area contributed by atoms with E-state index in [4.69, 9.17) is 4.84 Å². The predicted molar refractivity (Wildman–Crippen MR) is 64.0 cm³/mol. The van der Waals surface area contributed by atoms with Crippen molar-refractivity contribution < 1.29 is 19.6 Å². The highest BCUT2D eigenvalue weighted by Crippen LogP contribution is 2.28. The van der Waals surface area contributed by atoms with Crippen molar-refractivity contribution in [3.63, 3.8) is 0 Å². The summed E-state index contributed by atoms with van der Waals surface area (Å²) in [5.41, 5.74) is 2.48. The van der Waals surface area contributed by atoms with Gasteiger partial charge in [0.1, 0.15) is 6.04 Å². The van der Waals surface area contributed by atoms with E-state index in [1.54, 1.807) is 0 Å². The van der Waals surface area contributed by atoms with Crippen molar-refractivity contribution in [1.82, 2.24) is 15.4 Å². The quantitative estimate of drug-likeness (QED) is 0.581. The number of hydrogen-bond donors (Lipinski definition) is 2. The van der Waals surface area contributed by atoms with Gasteiger partial charge in [-0.25, -0.2) is 15.3 Å². The number of nitrogens with zero attached hydrogens (tertiary/aromatic N) is 2. The van der Waals surface area contributed by atoms with Gasteiger partial charge >= 0.3 is 6.03 Å². The molecule has 1 aliphatic carbocycles. The van der Waals surface area contributed by atoms with Crippen LogP contribution in [0.25, 0.3) is 0 Å². The largest absolute Gasteiger partial charge is 0.344 e. The summed E-state index contributed by atoms with van der Waals surface area (Å²) in [6, 6.07) is -1.18. The molecule has 3 aliphatic rings. The fraction of sp³-hybridized carbons (Fsp3) is 0.833. The average Bonchev–Trinajstić information content (AvgIpc) is 3.01. The molecule has 106 valence electrons. The lowest BCUT2D eigenvalue weighted by atomic mass is 10.0. The lowest BCUT2D eigenvalue weighted by Crippen LogP contribution is -2.50. The van der Waals surface area contributed by atoms with Crippen LogP contribution in [0, 0.1) is 0 Å². The molecular weight excluding hydrogens is 250 g/mol. The molecule has 2 heterocycles. The first-order valence-corrected chi connectivity index (χ1v) is 6.91. The third-order valence-corrected chi connectivity index (χ3v) is 4.28. The van der Waals surface area contributed by atoms with E-state index in [0.717, 1.165) is 30.7 Å². The summed E-state index contributed by atoms with van der Waals surface area (Å²) in [6.07, 6.45) is 5.52. The van der Waals surface area contributed by atoms with Crippen LogP contribution in [0.3, 0.4) is 0 Å². The van der Waals surface area contributed by atoms with E-state index in [9.17, 15) is 14.8 Å². The normalized spacial score (nSPS) is 31.1. The maximum absolute atomic E-state index is 12.1. The van der Waals surface area contributed by atoms with Crippen LogP contribution in [-0.4, -0.2) is 51.8 Å². The predicted octanol–water partition coefficient (Wildman–Crippen LogP) is 0.635. The van der Waals surface area contributed by atoms with Gasteiger partial charge < -0.3 is 4.90 Å². The first-order chi connectivity index (χ1) is 9.16. The number of fused-ring (bicyclic) bond motifs is 2. The highest BCUT2D eigenvalue weighted by atomic mass is 16.7. The van der Waals surface area contributed by atoms with Gasteiger partial charge in [-0.1, -0.05) is 12.8 Å². The van der Waals surface area contributed by atoms with Crippen LogP contribution in [0.1, 0.15) is 38.5 Å². The Morgan fingerprint density at radius 1 is 1.26 bits per heavy atom. The minimum atomic E-state index is -0.526. The topological polar surface area (TPSA) is 82.1 Å². The molecule has 2 aliphatic heterocycles. The van der Waals surface area contributed by atoms with Gasteiger partial charge in [0.05, 0.1) is 12.1 Å². The molecule has 2 bridgehead atoms. The number of hydroxylamine groups is 3. The van der Waals surface area contributed by atoms with Gasteiger partial charge in [-0.2, -0.15) is 0 Å². The zero-order chi connectivity index (χ0) is 13.4. The molecule has 3 rings (SSSR count). The van der Waals surface area contributed by atoms with Crippen LogP contribution in [0.4, 0.5) is 4.79 Å². The second-order valence-electron chi connectivity index (χ2n) is 5.52. The number of nitrogens with one attached hydrogen (secondary N) is 1. The Bertz CT molecular complexity index is 383. The molecule has 0 unspecified atom stereocenters. The van der Waals surface area contributed by atoms with Gasteiger partial charge in [0.25, 0.3) is 5.91 Å². The van der Waals surface area contributed by atoms with Gasteiger partial charge in [0.2, 0.25) is 0 Å². The second-order valence-corrected chi connectivity index (χ2v) is 5.52. The van der Waals surface area contributed by atoms with E-state index >= 15 is 0 Å². The molecule has 0 spiro atoms. The van der Waals surface area contributed by atoms with Gasteiger partial charge in [-0.15, -0.1) is 0 Å². The molecule has 7 heteroatoms. The molecular formula is C12H19N3O4. The standard InChI is InChI=1S/C12H19N3O4/c16-11(13-19-9-3-1-2-4-9)10-6-5-8-7-14(10)12(17)15(8)18/h8-10,18H,1-7H2,(H,13,16)/t8-,10+/m1/s1. The van der Waals surface area contributed by atoms with E-state index in [1.165, 1.54) is 4.90 Å². The van der Waals surface area contributed by atoms with E-state index in [2.05, 4.69) is 5.48 Å². The Labute approximate surface area is 111 Å². The summed E-state index contributed by atoms with van der Waals surface area (Å²) in [5.74, 6) is -0.283. The number of amides is 3.